The molecular formula is C16H10F2N2O2. The van der Waals surface area contributed by atoms with Crippen LogP contribution < -0.4 is 5.32 Å². The fraction of sp³-hybridized carbons (Fsp3) is 0. The van der Waals surface area contributed by atoms with Crippen molar-refractivity contribution in [3.05, 3.63) is 65.9 Å². The average molecular weight is 300 g/mol. The normalized spacial score (nSPS) is 10.6. The van der Waals surface area contributed by atoms with Crippen molar-refractivity contribution in [2.45, 2.75) is 0 Å². The van der Waals surface area contributed by atoms with Crippen LogP contribution in [-0.2, 0) is 0 Å². The van der Waals surface area contributed by atoms with Crippen LogP contribution in [0.1, 0.15) is 10.4 Å². The van der Waals surface area contributed by atoms with Crippen LogP contribution in [0.15, 0.2) is 48.7 Å². The number of rotatable bonds is 3. The number of aromatic carboxylic acids is 1. The first-order valence-electron chi connectivity index (χ1n) is 6.39. The number of benzene rings is 2. The number of carboxylic acid groups (broad SMARTS) is 1. The Morgan fingerprint density at radius 2 is 1.95 bits per heavy atom. The molecule has 3 aromatic rings. The van der Waals surface area contributed by atoms with Gasteiger partial charge in [-0.25, -0.2) is 13.6 Å². The number of hydrogen-bond donors (Lipinski definition) is 2. The van der Waals surface area contributed by atoms with Crippen molar-refractivity contribution in [3.63, 3.8) is 0 Å². The molecule has 0 aliphatic carbocycles. The van der Waals surface area contributed by atoms with Crippen LogP contribution in [0.2, 0.25) is 0 Å². The van der Waals surface area contributed by atoms with Crippen molar-refractivity contribution in [1.82, 2.24) is 4.98 Å². The predicted octanol–water partition coefficient (Wildman–Crippen LogP) is 3.95. The lowest BCUT2D eigenvalue weighted by molar-refractivity contribution is 0.0697. The molecule has 0 bridgehead atoms. The van der Waals surface area contributed by atoms with E-state index in [1.54, 1.807) is 18.2 Å². The van der Waals surface area contributed by atoms with E-state index < -0.39 is 17.6 Å². The molecule has 0 radical (unpaired) electrons. The zero-order chi connectivity index (χ0) is 15.7. The number of nitrogens with one attached hydrogen (secondary N) is 1. The van der Waals surface area contributed by atoms with Crippen molar-refractivity contribution in [3.8, 4) is 0 Å². The highest BCUT2D eigenvalue weighted by Gasteiger charge is 2.10. The van der Waals surface area contributed by atoms with E-state index >= 15 is 0 Å². The smallest absolute Gasteiger partial charge is 0.335 e. The van der Waals surface area contributed by atoms with E-state index in [0.29, 0.717) is 11.4 Å². The van der Waals surface area contributed by atoms with Crippen molar-refractivity contribution in [2.24, 2.45) is 0 Å². The zero-order valence-corrected chi connectivity index (χ0v) is 11.2. The Bertz CT molecular complexity index is 881. The van der Waals surface area contributed by atoms with E-state index in [0.717, 1.165) is 6.07 Å². The molecule has 0 amide bonds. The van der Waals surface area contributed by atoms with Crippen LogP contribution in [-0.4, -0.2) is 16.1 Å². The average Bonchev–Trinajstić information content (AvgIpc) is 2.48. The quantitative estimate of drug-likeness (QED) is 0.768. The van der Waals surface area contributed by atoms with Gasteiger partial charge in [0.15, 0.2) is 5.82 Å². The first-order valence-corrected chi connectivity index (χ1v) is 6.39. The summed E-state index contributed by atoms with van der Waals surface area (Å²) in [7, 11) is 0. The van der Waals surface area contributed by atoms with Gasteiger partial charge in [-0.1, -0.05) is 6.07 Å². The molecule has 0 aliphatic heterocycles. The predicted molar refractivity (Wildman–Crippen MR) is 78.3 cm³/mol. The van der Waals surface area contributed by atoms with E-state index in [2.05, 4.69) is 10.3 Å². The lowest BCUT2D eigenvalue weighted by atomic mass is 10.1. The van der Waals surface area contributed by atoms with Gasteiger partial charge in [0.25, 0.3) is 0 Å². The summed E-state index contributed by atoms with van der Waals surface area (Å²) in [6, 6.07) is 9.64. The number of carboxylic acids is 1. The standard InChI is InChI=1S/C16H10F2N2O2/c17-10-7-12-14(4-5-19-15(12)13(18)8-10)20-11-3-1-2-9(6-11)16(21)22/h1-8H,(H,19,20)(H,21,22). The Morgan fingerprint density at radius 3 is 2.73 bits per heavy atom. The molecule has 2 aromatic carbocycles. The van der Waals surface area contributed by atoms with Gasteiger partial charge in [0, 0.05) is 29.0 Å². The first-order chi connectivity index (χ1) is 10.5. The summed E-state index contributed by atoms with van der Waals surface area (Å²) in [5.41, 5.74) is 1.09. The summed E-state index contributed by atoms with van der Waals surface area (Å²) in [6.45, 7) is 0. The number of anilines is 2. The molecule has 110 valence electrons. The van der Waals surface area contributed by atoms with Crippen molar-refractivity contribution in [2.75, 3.05) is 5.32 Å². The van der Waals surface area contributed by atoms with E-state index in [1.165, 1.54) is 24.4 Å². The van der Waals surface area contributed by atoms with E-state index in [-0.39, 0.29) is 16.5 Å². The lowest BCUT2D eigenvalue weighted by Gasteiger charge is -2.10. The van der Waals surface area contributed by atoms with Crippen LogP contribution in [0.3, 0.4) is 0 Å². The van der Waals surface area contributed by atoms with Crippen LogP contribution >= 0.6 is 0 Å². The molecule has 0 spiro atoms. The molecule has 3 rings (SSSR count). The van der Waals surface area contributed by atoms with E-state index in [4.69, 9.17) is 5.11 Å². The number of hydrogen-bond acceptors (Lipinski definition) is 3. The summed E-state index contributed by atoms with van der Waals surface area (Å²) in [4.78, 5) is 14.9. The second-order valence-electron chi connectivity index (χ2n) is 4.65. The zero-order valence-electron chi connectivity index (χ0n) is 11.2. The summed E-state index contributed by atoms with van der Waals surface area (Å²) in [5.74, 6) is -2.52. The molecule has 1 aromatic heterocycles. The van der Waals surface area contributed by atoms with Gasteiger partial charge in [-0.2, -0.15) is 0 Å². The Labute approximate surface area is 124 Å². The Hall–Kier alpha value is -3.02. The second-order valence-corrected chi connectivity index (χ2v) is 4.65. The van der Waals surface area contributed by atoms with Crippen LogP contribution in [0.5, 0.6) is 0 Å². The number of pyridine rings is 1. The van der Waals surface area contributed by atoms with Crippen molar-refractivity contribution >= 4 is 28.2 Å². The van der Waals surface area contributed by atoms with E-state index in [1.807, 2.05) is 0 Å². The van der Waals surface area contributed by atoms with Gasteiger partial charge in [0.2, 0.25) is 0 Å². The minimum atomic E-state index is -1.06. The molecule has 0 saturated heterocycles. The van der Waals surface area contributed by atoms with Crippen molar-refractivity contribution < 1.29 is 18.7 Å². The summed E-state index contributed by atoms with van der Waals surface area (Å²) < 4.78 is 27.1. The number of carbonyl (C=O) groups is 1. The molecule has 4 nitrogen and oxygen atoms in total. The molecule has 0 unspecified atom stereocenters. The molecule has 6 heteroatoms. The summed E-state index contributed by atoms with van der Waals surface area (Å²) >= 11 is 0. The van der Waals surface area contributed by atoms with Crippen molar-refractivity contribution in [1.29, 1.82) is 0 Å². The number of nitrogens with zero attached hydrogens (tertiary/aromatic N) is 1. The van der Waals surface area contributed by atoms with Crippen LogP contribution in [0.4, 0.5) is 20.2 Å². The Balaban J connectivity index is 2.08. The second kappa shape index (κ2) is 5.40. The molecule has 0 aliphatic rings. The third-order valence-electron chi connectivity index (χ3n) is 3.15. The molecule has 0 saturated carbocycles. The highest BCUT2D eigenvalue weighted by molar-refractivity contribution is 5.94. The Kier molecular flexibility index (Phi) is 3.42. The highest BCUT2D eigenvalue weighted by atomic mass is 19.1. The monoisotopic (exact) mass is 300 g/mol. The fourth-order valence-corrected chi connectivity index (χ4v) is 2.17. The Morgan fingerprint density at radius 1 is 1.14 bits per heavy atom. The van der Waals surface area contributed by atoms with Gasteiger partial charge in [0.05, 0.1) is 5.56 Å². The maximum Gasteiger partial charge on any atom is 0.335 e. The summed E-state index contributed by atoms with van der Waals surface area (Å²) in [6.07, 6.45) is 1.40. The molecule has 0 atom stereocenters. The van der Waals surface area contributed by atoms with E-state index in [9.17, 15) is 13.6 Å². The SMILES string of the molecule is O=C(O)c1cccc(Nc2ccnc3c(F)cc(F)cc23)c1. The van der Waals surface area contributed by atoms with Gasteiger partial charge in [-0.05, 0) is 30.3 Å². The summed E-state index contributed by atoms with van der Waals surface area (Å²) in [5, 5.41) is 12.2. The highest BCUT2D eigenvalue weighted by Crippen LogP contribution is 2.27. The molecule has 2 N–H and O–H groups in total. The molecular weight excluding hydrogens is 290 g/mol. The number of aromatic nitrogens is 1. The third-order valence-corrected chi connectivity index (χ3v) is 3.15. The largest absolute Gasteiger partial charge is 0.478 e. The van der Waals surface area contributed by atoms with Gasteiger partial charge in [-0.15, -0.1) is 0 Å². The minimum absolute atomic E-state index is 0.0424. The maximum absolute atomic E-state index is 13.7. The topological polar surface area (TPSA) is 62.2 Å². The molecule has 22 heavy (non-hydrogen) atoms. The minimum Gasteiger partial charge on any atom is -0.478 e. The molecule has 1 heterocycles. The van der Waals surface area contributed by atoms with Gasteiger partial charge in [-0.3, -0.25) is 4.98 Å². The van der Waals surface area contributed by atoms with Gasteiger partial charge >= 0.3 is 5.97 Å². The molecule has 0 fully saturated rings. The van der Waals surface area contributed by atoms with Gasteiger partial charge in [0.1, 0.15) is 11.3 Å². The third kappa shape index (κ3) is 2.58. The van der Waals surface area contributed by atoms with Crippen LogP contribution in [0, 0.1) is 11.6 Å². The van der Waals surface area contributed by atoms with Gasteiger partial charge < -0.3 is 10.4 Å². The maximum atomic E-state index is 13.7. The van der Waals surface area contributed by atoms with Crippen LogP contribution in [0.25, 0.3) is 10.9 Å². The number of halogens is 2. The number of fused-ring (bicyclic) bond motifs is 1. The lowest BCUT2D eigenvalue weighted by Crippen LogP contribution is -1.99. The fourth-order valence-electron chi connectivity index (χ4n) is 2.17. The first kappa shape index (κ1) is 13.9.